The van der Waals surface area contributed by atoms with Crippen molar-refractivity contribution >= 4 is 28.1 Å². The highest BCUT2D eigenvalue weighted by Gasteiger charge is 2.33. The first kappa shape index (κ1) is 22.7. The molecule has 5 rings (SSSR count). The summed E-state index contributed by atoms with van der Waals surface area (Å²) in [5.74, 6) is -0.00723. The molecule has 34 heavy (non-hydrogen) atoms. The molecule has 0 spiro atoms. The second-order valence-corrected chi connectivity index (χ2v) is 9.93. The summed E-state index contributed by atoms with van der Waals surface area (Å²) in [6, 6.07) is 8.55. The van der Waals surface area contributed by atoms with Crippen LogP contribution in [0.25, 0.3) is 32.0 Å². The van der Waals surface area contributed by atoms with Crippen LogP contribution in [0.5, 0.6) is 0 Å². The quantitative estimate of drug-likeness (QED) is 0.429. The largest absolute Gasteiger partial charge is 0.336 e. The molecule has 1 aliphatic rings. The van der Waals surface area contributed by atoms with E-state index in [9.17, 15) is 4.79 Å². The number of nitrogens with one attached hydrogen (secondary N) is 1. The van der Waals surface area contributed by atoms with Crippen molar-refractivity contribution in [1.82, 2.24) is 30.0 Å². The van der Waals surface area contributed by atoms with Gasteiger partial charge in [-0.25, -0.2) is 4.98 Å². The van der Waals surface area contributed by atoms with Crippen LogP contribution in [0.2, 0.25) is 0 Å². The van der Waals surface area contributed by atoms with Crippen molar-refractivity contribution in [3.05, 3.63) is 53.5 Å². The Labute approximate surface area is 203 Å². The van der Waals surface area contributed by atoms with Crippen LogP contribution in [0.1, 0.15) is 41.9 Å². The summed E-state index contributed by atoms with van der Waals surface area (Å²) in [6.45, 7) is 12.0. The van der Waals surface area contributed by atoms with E-state index in [2.05, 4.69) is 59.9 Å². The Bertz CT molecular complexity index is 1320. The van der Waals surface area contributed by atoms with Crippen molar-refractivity contribution in [2.45, 2.75) is 40.2 Å². The second-order valence-electron chi connectivity index (χ2n) is 8.93. The number of benzene rings is 1. The lowest BCUT2D eigenvalue weighted by Gasteiger charge is -2.26. The maximum Gasteiger partial charge on any atom is 0.274 e. The molecule has 1 fully saturated rings. The van der Waals surface area contributed by atoms with E-state index in [-0.39, 0.29) is 5.91 Å². The van der Waals surface area contributed by atoms with Crippen molar-refractivity contribution in [2.75, 3.05) is 26.2 Å². The predicted molar refractivity (Wildman–Crippen MR) is 137 cm³/mol. The molecule has 3 aromatic heterocycles. The Morgan fingerprint density at radius 1 is 1.26 bits per heavy atom. The zero-order chi connectivity index (χ0) is 23.8. The number of nitrogens with zero attached hydrogens (tertiary/aromatic N) is 5. The first-order chi connectivity index (χ1) is 16.5. The molecule has 1 unspecified atom stereocenters. The van der Waals surface area contributed by atoms with Gasteiger partial charge in [0, 0.05) is 42.5 Å². The van der Waals surface area contributed by atoms with Gasteiger partial charge < -0.3 is 4.90 Å². The number of aromatic amines is 1. The fourth-order valence-corrected chi connectivity index (χ4v) is 6.07. The highest BCUT2D eigenvalue weighted by atomic mass is 32.1. The van der Waals surface area contributed by atoms with Gasteiger partial charge in [0.25, 0.3) is 5.91 Å². The van der Waals surface area contributed by atoms with Gasteiger partial charge in [-0.1, -0.05) is 31.5 Å². The van der Waals surface area contributed by atoms with Gasteiger partial charge in [-0.15, -0.1) is 11.3 Å². The number of H-pyrrole nitrogens is 1. The summed E-state index contributed by atoms with van der Waals surface area (Å²) in [4.78, 5) is 28.2. The van der Waals surface area contributed by atoms with E-state index in [1.54, 1.807) is 12.4 Å². The maximum atomic E-state index is 13.7. The summed E-state index contributed by atoms with van der Waals surface area (Å²) < 4.78 is 0. The minimum Gasteiger partial charge on any atom is -0.336 e. The van der Waals surface area contributed by atoms with Gasteiger partial charge in [-0.3, -0.25) is 19.8 Å². The zero-order valence-electron chi connectivity index (χ0n) is 20.1. The van der Waals surface area contributed by atoms with Crippen LogP contribution in [0.15, 0.2) is 36.7 Å². The number of carbonyl (C=O) groups excluding carboxylic acids is 1. The van der Waals surface area contributed by atoms with Crippen molar-refractivity contribution in [2.24, 2.45) is 0 Å². The number of pyridine rings is 1. The molecule has 1 aromatic carbocycles. The molecule has 1 amide bonds. The third-order valence-corrected chi connectivity index (χ3v) is 7.86. The molecule has 8 heteroatoms. The monoisotopic (exact) mass is 474 g/mol. The molecule has 0 saturated carbocycles. The van der Waals surface area contributed by atoms with Crippen molar-refractivity contribution in [3.8, 4) is 21.1 Å². The molecule has 7 nitrogen and oxygen atoms in total. The van der Waals surface area contributed by atoms with Crippen LogP contribution in [0, 0.1) is 13.8 Å². The number of rotatable bonds is 6. The lowest BCUT2D eigenvalue weighted by Crippen LogP contribution is -2.38. The number of amides is 1. The number of hydrogen-bond acceptors (Lipinski definition) is 6. The number of aromatic nitrogens is 4. The standard InChI is InChI=1S/C26H30N6OS/c1-5-31(6-2)19-9-11-32(15-19)26(33)23-24(18-8-7-10-27-14-18)34-25(28-23)22-20-13-16(3)12-17(4)21(20)29-30-22/h7-8,10,12-14,19H,5-6,9,11,15H2,1-4H3,(H,29,30). The Balaban J connectivity index is 1.56. The van der Waals surface area contributed by atoms with Crippen LogP contribution < -0.4 is 0 Å². The molecule has 1 aliphatic heterocycles. The summed E-state index contributed by atoms with van der Waals surface area (Å²) in [5.41, 5.74) is 5.50. The van der Waals surface area contributed by atoms with E-state index in [0.29, 0.717) is 11.7 Å². The Hall–Kier alpha value is -3.10. The summed E-state index contributed by atoms with van der Waals surface area (Å²) in [6.07, 6.45) is 4.54. The predicted octanol–water partition coefficient (Wildman–Crippen LogP) is 4.92. The van der Waals surface area contributed by atoms with Gasteiger partial charge in [0.15, 0.2) is 0 Å². The topological polar surface area (TPSA) is 78.0 Å². The van der Waals surface area contributed by atoms with Gasteiger partial charge >= 0.3 is 0 Å². The third kappa shape index (κ3) is 4.01. The molecular formula is C26H30N6OS. The number of carbonyl (C=O) groups is 1. The van der Waals surface area contributed by atoms with Gasteiger partial charge in [0.1, 0.15) is 16.4 Å². The van der Waals surface area contributed by atoms with Gasteiger partial charge in [0.2, 0.25) is 0 Å². The molecule has 4 heterocycles. The first-order valence-electron chi connectivity index (χ1n) is 11.9. The van der Waals surface area contributed by atoms with E-state index in [1.807, 2.05) is 17.0 Å². The molecule has 176 valence electrons. The average Bonchev–Trinajstić information content (AvgIpc) is 3.58. The Kier molecular flexibility index (Phi) is 6.18. The lowest BCUT2D eigenvalue weighted by molar-refractivity contribution is 0.0774. The summed E-state index contributed by atoms with van der Waals surface area (Å²) >= 11 is 1.52. The Morgan fingerprint density at radius 2 is 2.09 bits per heavy atom. The molecule has 1 saturated heterocycles. The van der Waals surface area contributed by atoms with Crippen LogP contribution in [-0.2, 0) is 0 Å². The molecule has 0 bridgehead atoms. The van der Waals surface area contributed by atoms with Crippen LogP contribution in [0.3, 0.4) is 0 Å². The third-order valence-electron chi connectivity index (χ3n) is 6.74. The summed E-state index contributed by atoms with van der Waals surface area (Å²) in [5, 5.41) is 9.54. The first-order valence-corrected chi connectivity index (χ1v) is 12.7. The number of likely N-dealkylation sites (tertiary alicyclic amines) is 1. The van der Waals surface area contributed by atoms with E-state index in [4.69, 9.17) is 4.98 Å². The lowest BCUT2D eigenvalue weighted by atomic mass is 10.1. The fraction of sp³-hybridized carbons (Fsp3) is 0.385. The van der Waals surface area contributed by atoms with E-state index < -0.39 is 0 Å². The molecule has 4 aromatic rings. The van der Waals surface area contributed by atoms with Gasteiger partial charge in [-0.05, 0) is 51.1 Å². The smallest absolute Gasteiger partial charge is 0.274 e. The second kappa shape index (κ2) is 9.27. The van der Waals surface area contributed by atoms with Crippen LogP contribution >= 0.6 is 11.3 Å². The number of hydrogen-bond donors (Lipinski definition) is 1. The van der Waals surface area contributed by atoms with E-state index in [0.717, 1.165) is 70.2 Å². The van der Waals surface area contributed by atoms with E-state index in [1.165, 1.54) is 16.9 Å². The van der Waals surface area contributed by atoms with Crippen molar-refractivity contribution in [3.63, 3.8) is 0 Å². The highest BCUT2D eigenvalue weighted by molar-refractivity contribution is 7.18. The molecule has 1 atom stereocenters. The highest BCUT2D eigenvalue weighted by Crippen LogP contribution is 2.38. The van der Waals surface area contributed by atoms with E-state index >= 15 is 0 Å². The fourth-order valence-electron chi connectivity index (χ4n) is 5.01. The minimum atomic E-state index is -0.00723. The molecule has 0 aliphatic carbocycles. The van der Waals surface area contributed by atoms with Gasteiger partial charge in [-0.2, -0.15) is 5.10 Å². The average molecular weight is 475 g/mol. The van der Waals surface area contributed by atoms with Crippen molar-refractivity contribution in [1.29, 1.82) is 0 Å². The molecular weight excluding hydrogens is 444 g/mol. The minimum absolute atomic E-state index is 0.00723. The molecule has 0 radical (unpaired) electrons. The number of fused-ring (bicyclic) bond motifs is 1. The summed E-state index contributed by atoms with van der Waals surface area (Å²) in [7, 11) is 0. The van der Waals surface area contributed by atoms with Crippen molar-refractivity contribution < 1.29 is 4.79 Å². The maximum absolute atomic E-state index is 13.7. The van der Waals surface area contributed by atoms with Crippen LogP contribution in [0.4, 0.5) is 0 Å². The van der Waals surface area contributed by atoms with Crippen LogP contribution in [-0.4, -0.2) is 68.1 Å². The SMILES string of the molecule is CCN(CC)C1CCN(C(=O)c2nc(-c3[nH]nc4c(C)cc(C)cc34)sc2-c2cccnc2)C1. The Morgan fingerprint density at radius 3 is 2.82 bits per heavy atom. The zero-order valence-corrected chi connectivity index (χ0v) is 20.9. The number of likely N-dealkylation sites (N-methyl/N-ethyl adjacent to an activating group) is 1. The normalized spacial score (nSPS) is 16.1. The molecule has 1 N–H and O–H groups in total. The number of thiazole rings is 1. The van der Waals surface area contributed by atoms with Gasteiger partial charge in [0.05, 0.1) is 10.4 Å². The number of aryl methyl sites for hydroxylation is 2.